The van der Waals surface area contributed by atoms with Crippen LogP contribution in [0.2, 0.25) is 0 Å². The van der Waals surface area contributed by atoms with Gasteiger partial charge in [0.15, 0.2) is 0 Å². The molecule has 0 atom stereocenters. The number of nitrogens with one attached hydrogen (secondary N) is 1. The third-order valence-electron chi connectivity index (χ3n) is 4.55. The number of aromatic amines is 1. The van der Waals surface area contributed by atoms with Crippen LogP contribution in [0.4, 0.5) is 0 Å². The monoisotopic (exact) mass is 311 g/mol. The molecule has 2 aromatic rings. The van der Waals surface area contributed by atoms with E-state index in [1.807, 2.05) is 0 Å². The second-order valence-corrected chi connectivity index (χ2v) is 6.66. The summed E-state index contributed by atoms with van der Waals surface area (Å²) < 4.78 is 0. The molecule has 0 unspecified atom stereocenters. The third-order valence-corrected chi connectivity index (χ3v) is 4.55. The van der Waals surface area contributed by atoms with Crippen LogP contribution < -0.4 is 5.56 Å². The molecule has 0 spiro atoms. The van der Waals surface area contributed by atoms with Gasteiger partial charge in [-0.3, -0.25) is 9.69 Å². The molecule has 0 saturated carbocycles. The highest BCUT2D eigenvalue weighted by Crippen LogP contribution is 2.18. The van der Waals surface area contributed by atoms with Crippen LogP contribution in [-0.2, 0) is 25.9 Å². The summed E-state index contributed by atoms with van der Waals surface area (Å²) in [5.74, 6) is 1.06. The number of H-pyrrole nitrogens is 1. The predicted octanol–water partition coefficient (Wildman–Crippen LogP) is 3.01. The topological polar surface area (TPSA) is 49.0 Å². The van der Waals surface area contributed by atoms with Gasteiger partial charge in [-0.25, -0.2) is 4.98 Å². The highest BCUT2D eigenvalue weighted by Gasteiger charge is 2.21. The van der Waals surface area contributed by atoms with Gasteiger partial charge in [0.25, 0.3) is 5.56 Å². The molecule has 1 aliphatic rings. The van der Waals surface area contributed by atoms with Crippen LogP contribution in [0.25, 0.3) is 0 Å². The minimum absolute atomic E-state index is 0.0322. The van der Waals surface area contributed by atoms with Gasteiger partial charge in [0.1, 0.15) is 5.82 Å². The summed E-state index contributed by atoms with van der Waals surface area (Å²) in [5.41, 5.74) is 4.51. The Morgan fingerprint density at radius 3 is 2.57 bits per heavy atom. The van der Waals surface area contributed by atoms with E-state index in [1.165, 1.54) is 11.1 Å². The molecule has 3 rings (SSSR count). The predicted molar refractivity (Wildman–Crippen MR) is 92.6 cm³/mol. The first kappa shape index (κ1) is 15.9. The van der Waals surface area contributed by atoms with E-state index in [9.17, 15) is 4.79 Å². The molecule has 0 fully saturated rings. The van der Waals surface area contributed by atoms with Crippen LogP contribution in [-0.4, -0.2) is 21.4 Å². The van der Waals surface area contributed by atoms with Gasteiger partial charge < -0.3 is 4.98 Å². The third kappa shape index (κ3) is 3.53. The first-order valence-corrected chi connectivity index (χ1v) is 8.49. The maximum Gasteiger partial charge on any atom is 0.255 e. The van der Waals surface area contributed by atoms with Gasteiger partial charge in [-0.15, -0.1) is 0 Å². The number of aryl methyl sites for hydroxylation is 1. The summed E-state index contributed by atoms with van der Waals surface area (Å²) in [7, 11) is 0. The van der Waals surface area contributed by atoms with Crippen molar-refractivity contribution in [3.8, 4) is 0 Å². The van der Waals surface area contributed by atoms with Crippen molar-refractivity contribution in [1.29, 1.82) is 0 Å². The summed E-state index contributed by atoms with van der Waals surface area (Å²) in [6, 6.07) is 8.77. The minimum Gasteiger partial charge on any atom is -0.310 e. The quantitative estimate of drug-likeness (QED) is 0.944. The molecule has 122 valence electrons. The van der Waals surface area contributed by atoms with Crippen molar-refractivity contribution >= 4 is 0 Å². The molecule has 4 heteroatoms. The van der Waals surface area contributed by atoms with Crippen molar-refractivity contribution in [2.75, 3.05) is 6.54 Å². The summed E-state index contributed by atoms with van der Waals surface area (Å²) in [5, 5.41) is 0. The van der Waals surface area contributed by atoms with E-state index in [0.29, 0.717) is 6.54 Å². The zero-order chi connectivity index (χ0) is 16.4. The highest BCUT2D eigenvalue weighted by atomic mass is 16.1. The molecule has 0 aliphatic carbocycles. The lowest BCUT2D eigenvalue weighted by atomic mass is 10.0. The van der Waals surface area contributed by atoms with E-state index in [-0.39, 0.29) is 11.5 Å². The number of hydrogen-bond donors (Lipinski definition) is 1. The largest absolute Gasteiger partial charge is 0.310 e. The molecule has 0 bridgehead atoms. The van der Waals surface area contributed by atoms with E-state index in [2.05, 4.69) is 59.9 Å². The van der Waals surface area contributed by atoms with Crippen molar-refractivity contribution in [1.82, 2.24) is 14.9 Å². The molecular formula is C19H25N3O. The van der Waals surface area contributed by atoms with Crippen molar-refractivity contribution in [2.45, 2.75) is 52.6 Å². The number of benzene rings is 1. The van der Waals surface area contributed by atoms with Crippen LogP contribution in [0.15, 0.2) is 29.1 Å². The van der Waals surface area contributed by atoms with Crippen molar-refractivity contribution in [3.63, 3.8) is 0 Å². The zero-order valence-corrected chi connectivity index (χ0v) is 14.2. The lowest BCUT2D eigenvalue weighted by Gasteiger charge is -2.28. The summed E-state index contributed by atoms with van der Waals surface area (Å²) in [4.78, 5) is 22.3. The fourth-order valence-corrected chi connectivity index (χ4v) is 3.05. The summed E-state index contributed by atoms with van der Waals surface area (Å²) >= 11 is 0. The Morgan fingerprint density at radius 2 is 1.91 bits per heavy atom. The minimum atomic E-state index is 0.0322. The number of fused-ring (bicyclic) bond motifs is 1. The summed E-state index contributed by atoms with van der Waals surface area (Å²) in [6.07, 6.45) is 1.92. The molecule has 0 saturated heterocycles. The average Bonchev–Trinajstić information content (AvgIpc) is 2.56. The second kappa shape index (κ2) is 6.67. The second-order valence-electron chi connectivity index (χ2n) is 6.66. The highest BCUT2D eigenvalue weighted by molar-refractivity contribution is 5.24. The molecule has 1 N–H and O–H groups in total. The first-order valence-electron chi connectivity index (χ1n) is 8.49. The van der Waals surface area contributed by atoms with E-state index < -0.39 is 0 Å². The van der Waals surface area contributed by atoms with Gasteiger partial charge in [0.2, 0.25) is 0 Å². The molecule has 4 nitrogen and oxygen atoms in total. The Morgan fingerprint density at radius 1 is 1.22 bits per heavy atom. The Hall–Kier alpha value is -1.94. The van der Waals surface area contributed by atoms with Gasteiger partial charge in [-0.1, -0.05) is 45.0 Å². The Balaban J connectivity index is 1.76. The average molecular weight is 311 g/mol. The fourth-order valence-electron chi connectivity index (χ4n) is 3.05. The maximum absolute atomic E-state index is 12.3. The standard InChI is InChI=1S/C19H25N3O/c1-4-14-5-7-15(8-6-14)11-22-10-9-17-16(12-22)19(23)21-18(20-17)13(2)3/h5-8,13H,4,9-12H2,1-3H3,(H,20,21,23). The number of hydrogen-bond acceptors (Lipinski definition) is 3. The van der Waals surface area contributed by atoms with E-state index >= 15 is 0 Å². The number of aromatic nitrogens is 2. The maximum atomic E-state index is 12.3. The van der Waals surface area contributed by atoms with E-state index in [0.717, 1.165) is 43.0 Å². The van der Waals surface area contributed by atoms with Crippen LogP contribution in [0.5, 0.6) is 0 Å². The van der Waals surface area contributed by atoms with Crippen LogP contribution in [0.1, 0.15) is 54.9 Å². The molecule has 1 aromatic carbocycles. The van der Waals surface area contributed by atoms with Crippen molar-refractivity contribution in [2.24, 2.45) is 0 Å². The van der Waals surface area contributed by atoms with Gasteiger partial charge in [0, 0.05) is 32.0 Å². The van der Waals surface area contributed by atoms with Gasteiger partial charge in [0.05, 0.1) is 11.3 Å². The van der Waals surface area contributed by atoms with Gasteiger partial charge in [-0.05, 0) is 17.5 Å². The molecule has 0 radical (unpaired) electrons. The number of rotatable bonds is 4. The number of nitrogens with zero attached hydrogens (tertiary/aromatic N) is 2. The lowest BCUT2D eigenvalue weighted by molar-refractivity contribution is 0.241. The summed E-state index contributed by atoms with van der Waals surface area (Å²) in [6.45, 7) is 8.80. The fraction of sp³-hybridized carbons (Fsp3) is 0.474. The Bertz CT molecular complexity index is 731. The lowest BCUT2D eigenvalue weighted by Crippen LogP contribution is -2.35. The Kier molecular flexibility index (Phi) is 4.62. The van der Waals surface area contributed by atoms with Crippen LogP contribution in [0, 0.1) is 0 Å². The molecular weight excluding hydrogens is 286 g/mol. The first-order chi connectivity index (χ1) is 11.1. The SMILES string of the molecule is CCc1ccc(CN2CCc3nc(C(C)C)[nH]c(=O)c3C2)cc1. The van der Waals surface area contributed by atoms with E-state index in [1.54, 1.807) is 0 Å². The van der Waals surface area contributed by atoms with Gasteiger partial charge >= 0.3 is 0 Å². The van der Waals surface area contributed by atoms with Crippen molar-refractivity contribution in [3.05, 3.63) is 62.8 Å². The zero-order valence-electron chi connectivity index (χ0n) is 14.2. The molecule has 1 aliphatic heterocycles. The smallest absolute Gasteiger partial charge is 0.255 e. The Labute approximate surface area is 137 Å². The molecule has 0 amide bonds. The molecule has 1 aromatic heterocycles. The van der Waals surface area contributed by atoms with E-state index in [4.69, 9.17) is 0 Å². The van der Waals surface area contributed by atoms with Crippen LogP contribution in [0.3, 0.4) is 0 Å². The van der Waals surface area contributed by atoms with Crippen LogP contribution >= 0.6 is 0 Å². The molecule has 2 heterocycles. The molecule has 23 heavy (non-hydrogen) atoms. The van der Waals surface area contributed by atoms with Gasteiger partial charge in [-0.2, -0.15) is 0 Å². The normalized spacial score (nSPS) is 15.0. The van der Waals surface area contributed by atoms with Crippen molar-refractivity contribution < 1.29 is 0 Å².